The lowest BCUT2D eigenvalue weighted by atomic mass is 9.93. The summed E-state index contributed by atoms with van der Waals surface area (Å²) in [7, 11) is 1.79. The molecule has 0 fully saturated rings. The van der Waals surface area contributed by atoms with Crippen LogP contribution in [-0.2, 0) is 0 Å². The summed E-state index contributed by atoms with van der Waals surface area (Å²) in [6.45, 7) is 5.19. The molecule has 0 aliphatic carbocycles. The number of hydrogen-bond acceptors (Lipinski definition) is 3. The van der Waals surface area contributed by atoms with Crippen LogP contribution in [0.15, 0.2) is 42.7 Å². The summed E-state index contributed by atoms with van der Waals surface area (Å²) in [5, 5.41) is 0.678. The van der Waals surface area contributed by atoms with E-state index in [4.69, 9.17) is 17.3 Å². The Morgan fingerprint density at radius 1 is 1.22 bits per heavy atom. The Kier molecular flexibility index (Phi) is 5.39. The number of carbonyl (C=O) groups is 1. The maximum absolute atomic E-state index is 12.6. The van der Waals surface area contributed by atoms with Crippen LogP contribution < -0.4 is 5.73 Å². The zero-order chi connectivity index (χ0) is 17.0. The molecule has 0 radical (unpaired) electrons. The Hall–Kier alpha value is -1.91. The van der Waals surface area contributed by atoms with Crippen molar-refractivity contribution in [2.75, 3.05) is 20.1 Å². The molecule has 5 heteroatoms. The normalized spacial score (nSPS) is 11.3. The average molecular weight is 332 g/mol. The van der Waals surface area contributed by atoms with Crippen LogP contribution in [0.1, 0.15) is 24.2 Å². The van der Waals surface area contributed by atoms with E-state index in [1.165, 1.54) is 0 Å². The molecule has 2 N–H and O–H groups in total. The lowest BCUT2D eigenvalue weighted by molar-refractivity contribution is 0.0740. The molecular weight excluding hydrogens is 310 g/mol. The number of nitrogens with zero attached hydrogens (tertiary/aromatic N) is 2. The van der Waals surface area contributed by atoms with Gasteiger partial charge in [0.15, 0.2) is 0 Å². The Morgan fingerprint density at radius 2 is 1.87 bits per heavy atom. The lowest BCUT2D eigenvalue weighted by Crippen LogP contribution is -2.39. The van der Waals surface area contributed by atoms with Gasteiger partial charge in [0.2, 0.25) is 0 Å². The fourth-order valence-corrected chi connectivity index (χ4v) is 2.48. The van der Waals surface area contributed by atoms with E-state index in [0.717, 1.165) is 11.1 Å². The lowest BCUT2D eigenvalue weighted by Gasteiger charge is -2.29. The molecule has 2 aromatic rings. The van der Waals surface area contributed by atoms with Crippen molar-refractivity contribution in [3.63, 3.8) is 0 Å². The SMILES string of the molecule is CN(CC(C)(C)CN)C(=O)c1cncc(-c2ccc(Cl)cc2)c1. The summed E-state index contributed by atoms with van der Waals surface area (Å²) in [5.74, 6) is -0.0603. The van der Waals surface area contributed by atoms with Crippen molar-refractivity contribution >= 4 is 17.5 Å². The largest absolute Gasteiger partial charge is 0.341 e. The van der Waals surface area contributed by atoms with Crippen molar-refractivity contribution in [1.29, 1.82) is 0 Å². The molecule has 0 saturated carbocycles. The molecule has 4 nitrogen and oxygen atoms in total. The van der Waals surface area contributed by atoms with Crippen LogP contribution in [-0.4, -0.2) is 35.9 Å². The summed E-state index contributed by atoms with van der Waals surface area (Å²) in [6.07, 6.45) is 3.33. The van der Waals surface area contributed by atoms with Gasteiger partial charge in [-0.05, 0) is 35.7 Å². The maximum atomic E-state index is 12.6. The van der Waals surface area contributed by atoms with Gasteiger partial charge in [-0.2, -0.15) is 0 Å². The first kappa shape index (κ1) is 17.4. The third-order valence-electron chi connectivity index (χ3n) is 3.73. The van der Waals surface area contributed by atoms with Crippen LogP contribution in [0, 0.1) is 5.41 Å². The highest BCUT2D eigenvalue weighted by Gasteiger charge is 2.22. The minimum Gasteiger partial charge on any atom is -0.341 e. The Bertz CT molecular complexity index is 683. The van der Waals surface area contributed by atoms with E-state index >= 15 is 0 Å². The molecule has 1 aromatic heterocycles. The van der Waals surface area contributed by atoms with Gasteiger partial charge >= 0.3 is 0 Å². The fourth-order valence-electron chi connectivity index (χ4n) is 2.36. The van der Waals surface area contributed by atoms with Crippen LogP contribution in [0.5, 0.6) is 0 Å². The van der Waals surface area contributed by atoms with Crippen molar-refractivity contribution in [3.8, 4) is 11.1 Å². The van der Waals surface area contributed by atoms with Crippen LogP contribution in [0.3, 0.4) is 0 Å². The van der Waals surface area contributed by atoms with Gasteiger partial charge in [-0.15, -0.1) is 0 Å². The predicted molar refractivity (Wildman–Crippen MR) is 94.5 cm³/mol. The topological polar surface area (TPSA) is 59.2 Å². The monoisotopic (exact) mass is 331 g/mol. The standard InChI is InChI=1S/C18H22ClN3O/c1-18(2,11-20)12-22(3)17(23)15-8-14(9-21-10-15)13-4-6-16(19)7-5-13/h4-10H,11-12,20H2,1-3H3. The van der Waals surface area contributed by atoms with E-state index < -0.39 is 0 Å². The zero-order valence-electron chi connectivity index (χ0n) is 13.7. The van der Waals surface area contributed by atoms with Gasteiger partial charge in [-0.1, -0.05) is 37.6 Å². The molecule has 0 atom stereocenters. The Labute approximate surface area is 142 Å². The first-order chi connectivity index (χ1) is 10.8. The van der Waals surface area contributed by atoms with Crippen molar-refractivity contribution in [2.45, 2.75) is 13.8 Å². The number of hydrogen-bond donors (Lipinski definition) is 1. The van der Waals surface area contributed by atoms with Gasteiger partial charge in [-0.3, -0.25) is 9.78 Å². The molecule has 0 spiro atoms. The van der Waals surface area contributed by atoms with E-state index in [-0.39, 0.29) is 11.3 Å². The third kappa shape index (κ3) is 4.53. The number of rotatable bonds is 5. The van der Waals surface area contributed by atoms with Crippen molar-refractivity contribution in [2.24, 2.45) is 11.1 Å². The second kappa shape index (κ2) is 7.11. The third-order valence-corrected chi connectivity index (χ3v) is 3.98. The van der Waals surface area contributed by atoms with Gasteiger partial charge in [0.1, 0.15) is 0 Å². The van der Waals surface area contributed by atoms with Gasteiger partial charge in [0.05, 0.1) is 5.56 Å². The van der Waals surface area contributed by atoms with Crippen LogP contribution in [0.4, 0.5) is 0 Å². The first-order valence-corrected chi connectivity index (χ1v) is 7.87. The Balaban J connectivity index is 2.22. The number of pyridine rings is 1. The highest BCUT2D eigenvalue weighted by molar-refractivity contribution is 6.30. The second-order valence-corrected chi connectivity index (χ2v) is 6.94. The van der Waals surface area contributed by atoms with Crippen molar-refractivity contribution in [3.05, 3.63) is 53.3 Å². The molecule has 1 aromatic carbocycles. The molecule has 0 aliphatic rings. The average Bonchev–Trinajstić information content (AvgIpc) is 2.54. The Morgan fingerprint density at radius 3 is 2.48 bits per heavy atom. The quantitative estimate of drug-likeness (QED) is 0.912. The van der Waals surface area contributed by atoms with E-state index in [1.807, 2.05) is 44.2 Å². The molecule has 122 valence electrons. The smallest absolute Gasteiger partial charge is 0.255 e. The highest BCUT2D eigenvalue weighted by Crippen LogP contribution is 2.22. The van der Waals surface area contributed by atoms with Gasteiger partial charge < -0.3 is 10.6 Å². The van der Waals surface area contributed by atoms with E-state index in [9.17, 15) is 4.79 Å². The van der Waals surface area contributed by atoms with Gasteiger partial charge in [0, 0.05) is 36.6 Å². The van der Waals surface area contributed by atoms with Crippen LogP contribution >= 0.6 is 11.6 Å². The summed E-state index contributed by atoms with van der Waals surface area (Å²) < 4.78 is 0. The van der Waals surface area contributed by atoms with Crippen LogP contribution in [0.2, 0.25) is 5.02 Å². The fraction of sp³-hybridized carbons (Fsp3) is 0.333. The zero-order valence-corrected chi connectivity index (χ0v) is 14.5. The molecule has 0 bridgehead atoms. The highest BCUT2D eigenvalue weighted by atomic mass is 35.5. The predicted octanol–water partition coefficient (Wildman–Crippen LogP) is 3.46. The van der Waals surface area contributed by atoms with E-state index in [0.29, 0.717) is 23.7 Å². The number of amides is 1. The molecule has 0 unspecified atom stereocenters. The van der Waals surface area contributed by atoms with Gasteiger partial charge in [0.25, 0.3) is 5.91 Å². The molecule has 1 amide bonds. The second-order valence-electron chi connectivity index (χ2n) is 6.50. The summed E-state index contributed by atoms with van der Waals surface area (Å²) in [4.78, 5) is 18.5. The van der Waals surface area contributed by atoms with Crippen LogP contribution in [0.25, 0.3) is 11.1 Å². The van der Waals surface area contributed by atoms with Crippen molar-refractivity contribution in [1.82, 2.24) is 9.88 Å². The minimum atomic E-state index is -0.119. The number of halogens is 1. The molecule has 2 rings (SSSR count). The van der Waals surface area contributed by atoms with E-state index in [1.54, 1.807) is 24.3 Å². The number of nitrogens with two attached hydrogens (primary N) is 1. The van der Waals surface area contributed by atoms with Gasteiger partial charge in [-0.25, -0.2) is 0 Å². The molecule has 0 saturated heterocycles. The molecule has 0 aliphatic heterocycles. The first-order valence-electron chi connectivity index (χ1n) is 7.49. The molecule has 1 heterocycles. The summed E-state index contributed by atoms with van der Waals surface area (Å²) in [6, 6.07) is 9.32. The number of carbonyl (C=O) groups excluding carboxylic acids is 1. The number of aromatic nitrogens is 1. The summed E-state index contributed by atoms with van der Waals surface area (Å²) in [5.41, 5.74) is 8.05. The van der Waals surface area contributed by atoms with Crippen molar-refractivity contribution < 1.29 is 4.79 Å². The maximum Gasteiger partial charge on any atom is 0.255 e. The minimum absolute atomic E-state index is 0.0603. The number of benzene rings is 1. The van der Waals surface area contributed by atoms with E-state index in [2.05, 4.69) is 4.98 Å². The molecule has 23 heavy (non-hydrogen) atoms. The summed E-state index contributed by atoms with van der Waals surface area (Å²) >= 11 is 5.91. The molecular formula is C18H22ClN3O.